The average molecular weight is 306 g/mol. The molecule has 1 aliphatic heterocycles. The second kappa shape index (κ2) is 4.97. The van der Waals surface area contributed by atoms with E-state index in [4.69, 9.17) is 9.47 Å². The number of ether oxygens (including phenoxy) is 2. The Morgan fingerprint density at radius 1 is 1.27 bits per heavy atom. The van der Waals surface area contributed by atoms with Gasteiger partial charge in [0.15, 0.2) is 0 Å². The highest BCUT2D eigenvalue weighted by Gasteiger charge is 2.67. The molecule has 1 saturated heterocycles. The summed E-state index contributed by atoms with van der Waals surface area (Å²) in [5.74, 6) is 0.0794. The van der Waals surface area contributed by atoms with Gasteiger partial charge in [-0.3, -0.25) is 9.59 Å². The largest absolute Gasteiger partial charge is 0.462 e. The summed E-state index contributed by atoms with van der Waals surface area (Å²) in [6, 6.07) is 0. The number of fused-ring (bicyclic) bond motifs is 1. The van der Waals surface area contributed by atoms with E-state index >= 15 is 0 Å². The van der Waals surface area contributed by atoms with Gasteiger partial charge in [-0.25, -0.2) is 0 Å². The van der Waals surface area contributed by atoms with Gasteiger partial charge in [-0.05, 0) is 50.4 Å². The van der Waals surface area contributed by atoms with E-state index in [0.717, 1.165) is 38.5 Å². The lowest BCUT2D eigenvalue weighted by molar-refractivity contribution is -0.174. The SMILES string of the molecule is CCC1(OC(=O)C2C3CC4C(OC(=O)C42)C3C)CCCCC1. The zero-order valence-corrected chi connectivity index (χ0v) is 13.5. The molecule has 0 N–H and O–H groups in total. The van der Waals surface area contributed by atoms with Crippen molar-refractivity contribution in [2.75, 3.05) is 0 Å². The lowest BCUT2D eigenvalue weighted by Crippen LogP contribution is -2.43. The van der Waals surface area contributed by atoms with Crippen LogP contribution in [0.25, 0.3) is 0 Å². The van der Waals surface area contributed by atoms with Crippen LogP contribution in [0.3, 0.4) is 0 Å². The molecule has 4 aliphatic rings. The lowest BCUT2D eigenvalue weighted by atomic mass is 9.74. The maximum atomic E-state index is 12.9. The maximum Gasteiger partial charge on any atom is 0.310 e. The van der Waals surface area contributed by atoms with Crippen molar-refractivity contribution in [3.63, 3.8) is 0 Å². The van der Waals surface area contributed by atoms with Crippen LogP contribution < -0.4 is 0 Å². The molecule has 4 rings (SSSR count). The summed E-state index contributed by atoms with van der Waals surface area (Å²) in [6.07, 6.45) is 7.37. The highest BCUT2D eigenvalue weighted by Crippen LogP contribution is 2.60. The van der Waals surface area contributed by atoms with Crippen LogP contribution in [0.5, 0.6) is 0 Å². The number of hydrogen-bond donors (Lipinski definition) is 0. The highest BCUT2D eigenvalue weighted by molar-refractivity contribution is 5.86. The highest BCUT2D eigenvalue weighted by atomic mass is 16.6. The molecule has 6 unspecified atom stereocenters. The first kappa shape index (κ1) is 14.5. The molecule has 1 heterocycles. The Morgan fingerprint density at radius 2 is 2.00 bits per heavy atom. The third-order valence-electron chi connectivity index (χ3n) is 6.99. The first-order chi connectivity index (χ1) is 10.6. The molecular formula is C18H26O4. The second-order valence-corrected chi connectivity index (χ2v) is 7.89. The van der Waals surface area contributed by atoms with E-state index < -0.39 is 0 Å². The molecule has 0 radical (unpaired) electrons. The Bertz CT molecular complexity index is 493. The number of esters is 2. The van der Waals surface area contributed by atoms with Gasteiger partial charge in [-0.2, -0.15) is 0 Å². The van der Waals surface area contributed by atoms with E-state index in [9.17, 15) is 9.59 Å². The predicted molar refractivity (Wildman–Crippen MR) is 79.8 cm³/mol. The molecule has 4 heteroatoms. The average Bonchev–Trinajstić information content (AvgIpc) is 3.12. The number of hydrogen-bond acceptors (Lipinski definition) is 4. The molecule has 2 bridgehead atoms. The molecule has 0 aromatic carbocycles. The molecule has 22 heavy (non-hydrogen) atoms. The lowest BCUT2D eigenvalue weighted by Gasteiger charge is -2.38. The fraction of sp³-hybridized carbons (Fsp3) is 0.889. The molecule has 4 fully saturated rings. The molecule has 0 spiro atoms. The van der Waals surface area contributed by atoms with Crippen molar-refractivity contribution in [1.82, 2.24) is 0 Å². The van der Waals surface area contributed by atoms with Gasteiger partial charge in [-0.15, -0.1) is 0 Å². The van der Waals surface area contributed by atoms with E-state index in [0.29, 0.717) is 5.92 Å². The first-order valence-corrected chi connectivity index (χ1v) is 9.00. The standard InChI is InChI=1S/C18H26O4/c1-3-18(7-5-4-6-8-18)22-17(20)13-11-9-12-14(13)16(19)21-15(12)10(11)2/h10-15H,3-9H2,1-2H3. The molecule has 0 amide bonds. The van der Waals surface area contributed by atoms with E-state index in [1.54, 1.807) is 0 Å². The zero-order valence-electron chi connectivity index (χ0n) is 13.5. The molecule has 122 valence electrons. The van der Waals surface area contributed by atoms with Crippen molar-refractivity contribution in [3.05, 3.63) is 0 Å². The first-order valence-electron chi connectivity index (χ1n) is 9.00. The molecule has 6 atom stereocenters. The van der Waals surface area contributed by atoms with Gasteiger partial charge in [0.2, 0.25) is 0 Å². The van der Waals surface area contributed by atoms with Crippen molar-refractivity contribution in [3.8, 4) is 0 Å². The van der Waals surface area contributed by atoms with Crippen LogP contribution in [0.1, 0.15) is 58.8 Å². The minimum atomic E-state index is -0.275. The fourth-order valence-electron chi connectivity index (χ4n) is 5.71. The summed E-state index contributed by atoms with van der Waals surface area (Å²) in [4.78, 5) is 25.1. The van der Waals surface area contributed by atoms with E-state index in [-0.39, 0.29) is 47.3 Å². The monoisotopic (exact) mass is 306 g/mol. The summed E-state index contributed by atoms with van der Waals surface area (Å²) in [6.45, 7) is 4.24. The fourth-order valence-corrected chi connectivity index (χ4v) is 5.71. The van der Waals surface area contributed by atoms with Crippen LogP contribution in [0, 0.1) is 29.6 Å². The summed E-state index contributed by atoms with van der Waals surface area (Å²) in [5, 5.41) is 0. The van der Waals surface area contributed by atoms with E-state index in [2.05, 4.69) is 13.8 Å². The predicted octanol–water partition coefficient (Wildman–Crippen LogP) is 3.09. The molecular weight excluding hydrogens is 280 g/mol. The summed E-state index contributed by atoms with van der Waals surface area (Å²) >= 11 is 0. The van der Waals surface area contributed by atoms with Crippen LogP contribution in [-0.4, -0.2) is 23.6 Å². The van der Waals surface area contributed by atoms with Gasteiger partial charge in [-0.1, -0.05) is 20.3 Å². The Hall–Kier alpha value is -1.06. The Labute approximate surface area is 131 Å². The van der Waals surface area contributed by atoms with Crippen molar-refractivity contribution in [1.29, 1.82) is 0 Å². The maximum absolute atomic E-state index is 12.9. The Morgan fingerprint density at radius 3 is 2.68 bits per heavy atom. The minimum Gasteiger partial charge on any atom is -0.462 e. The Kier molecular flexibility index (Phi) is 3.28. The van der Waals surface area contributed by atoms with Gasteiger partial charge in [0.1, 0.15) is 11.7 Å². The third kappa shape index (κ3) is 1.88. The van der Waals surface area contributed by atoms with Crippen molar-refractivity contribution in [2.24, 2.45) is 29.6 Å². The second-order valence-electron chi connectivity index (χ2n) is 7.89. The van der Waals surface area contributed by atoms with Crippen molar-refractivity contribution in [2.45, 2.75) is 70.5 Å². The normalized spacial score (nSPS) is 44.9. The van der Waals surface area contributed by atoms with Gasteiger partial charge in [0, 0.05) is 5.92 Å². The number of rotatable bonds is 3. The smallest absolute Gasteiger partial charge is 0.310 e. The Balaban J connectivity index is 1.54. The topological polar surface area (TPSA) is 52.6 Å². The van der Waals surface area contributed by atoms with Gasteiger partial charge < -0.3 is 9.47 Å². The molecule has 0 aromatic heterocycles. The van der Waals surface area contributed by atoms with Crippen LogP contribution in [0.2, 0.25) is 0 Å². The van der Waals surface area contributed by atoms with Crippen LogP contribution in [-0.2, 0) is 19.1 Å². The number of carbonyl (C=O) groups excluding carboxylic acids is 2. The summed E-state index contributed by atoms with van der Waals surface area (Å²) < 4.78 is 11.6. The molecule has 3 saturated carbocycles. The van der Waals surface area contributed by atoms with Crippen LogP contribution in [0.4, 0.5) is 0 Å². The summed E-state index contributed by atoms with van der Waals surface area (Å²) in [7, 11) is 0. The molecule has 0 aromatic rings. The molecule has 4 nitrogen and oxygen atoms in total. The third-order valence-corrected chi connectivity index (χ3v) is 6.99. The van der Waals surface area contributed by atoms with E-state index in [1.807, 2.05) is 0 Å². The minimum absolute atomic E-state index is 0.0568. The number of carbonyl (C=O) groups is 2. The summed E-state index contributed by atoms with van der Waals surface area (Å²) in [5.41, 5.74) is -0.275. The van der Waals surface area contributed by atoms with Crippen molar-refractivity contribution >= 4 is 11.9 Å². The zero-order chi connectivity index (χ0) is 15.5. The van der Waals surface area contributed by atoms with Crippen molar-refractivity contribution < 1.29 is 19.1 Å². The van der Waals surface area contributed by atoms with Crippen LogP contribution in [0.15, 0.2) is 0 Å². The van der Waals surface area contributed by atoms with Crippen LogP contribution >= 0.6 is 0 Å². The van der Waals surface area contributed by atoms with E-state index in [1.165, 1.54) is 6.42 Å². The molecule has 3 aliphatic carbocycles. The van der Waals surface area contributed by atoms with Gasteiger partial charge >= 0.3 is 11.9 Å². The van der Waals surface area contributed by atoms with Gasteiger partial charge in [0.25, 0.3) is 0 Å². The quantitative estimate of drug-likeness (QED) is 0.752. The van der Waals surface area contributed by atoms with Gasteiger partial charge in [0.05, 0.1) is 11.8 Å².